The van der Waals surface area contributed by atoms with Gasteiger partial charge in [-0.25, -0.2) is 13.6 Å². The number of halogens is 2. The summed E-state index contributed by atoms with van der Waals surface area (Å²) in [5.41, 5.74) is 1.40. The Hall–Kier alpha value is -4.00. The van der Waals surface area contributed by atoms with Crippen molar-refractivity contribution in [3.8, 4) is 0 Å². The van der Waals surface area contributed by atoms with Gasteiger partial charge in [0, 0.05) is 73.7 Å². The van der Waals surface area contributed by atoms with E-state index in [2.05, 4.69) is 10.6 Å². The minimum Gasteiger partial charge on any atom is -0.480 e. The highest BCUT2D eigenvalue weighted by Crippen LogP contribution is 2.38. The standard InChI is InChI=1S/C30H40F2N6O5/c1-30(2,3)43-29(41)38-10-6-23(36-20-7-11-42-12-8-20)26(38)28(34)37-9-4-5-18-13-21(22(27(31)32)14-24(18)37)19(15-33)16-35-17-25(39)40/h13-16,20,27,33-36H,4-12,17H2,1-3H3,(H,39,40)/b19-16+,33-15?,34-28?. The molecule has 0 bridgehead atoms. The molecule has 0 spiro atoms. The molecule has 3 aliphatic rings. The molecule has 0 atom stereocenters. The molecule has 5 N–H and O–H groups in total. The minimum atomic E-state index is -2.89. The van der Waals surface area contributed by atoms with Crippen LogP contribution in [0.4, 0.5) is 19.3 Å². The number of nitrogens with zero attached hydrogens (tertiary/aromatic N) is 2. The summed E-state index contributed by atoms with van der Waals surface area (Å²) in [6.45, 7) is 6.83. The summed E-state index contributed by atoms with van der Waals surface area (Å²) in [5.74, 6) is -1.11. The minimum absolute atomic E-state index is 0.0118. The molecule has 1 amide bonds. The Balaban J connectivity index is 1.74. The number of amidine groups is 1. The van der Waals surface area contributed by atoms with Gasteiger partial charge in [0.05, 0.1) is 0 Å². The van der Waals surface area contributed by atoms with Crippen LogP contribution < -0.4 is 15.5 Å². The van der Waals surface area contributed by atoms with Crippen molar-refractivity contribution in [2.24, 2.45) is 0 Å². The molecule has 3 aliphatic heterocycles. The Kier molecular flexibility index (Phi) is 10.0. The maximum atomic E-state index is 14.4. The van der Waals surface area contributed by atoms with Gasteiger partial charge in [0.2, 0.25) is 0 Å². The second kappa shape index (κ2) is 13.5. The number of carboxylic acid groups (broad SMARTS) is 1. The zero-order valence-corrected chi connectivity index (χ0v) is 24.8. The summed E-state index contributed by atoms with van der Waals surface area (Å²) < 4.78 is 40.0. The van der Waals surface area contributed by atoms with E-state index in [9.17, 15) is 23.8 Å². The third-order valence-corrected chi connectivity index (χ3v) is 7.43. The molecular formula is C30H40F2N6O5. The first-order chi connectivity index (χ1) is 20.4. The van der Waals surface area contributed by atoms with E-state index in [4.69, 9.17) is 20.0 Å². The second-order valence-electron chi connectivity index (χ2n) is 11.7. The van der Waals surface area contributed by atoms with Crippen molar-refractivity contribution < 1.29 is 33.0 Å². The number of hydrogen-bond donors (Lipinski definition) is 5. The molecule has 0 aliphatic carbocycles. The van der Waals surface area contributed by atoms with E-state index in [1.54, 1.807) is 31.7 Å². The lowest BCUT2D eigenvalue weighted by Crippen LogP contribution is -2.44. The normalized spacial score (nSPS) is 18.0. The molecule has 1 saturated heterocycles. The summed E-state index contributed by atoms with van der Waals surface area (Å²) in [6.07, 6.45) is 1.93. The Morgan fingerprint density at radius 3 is 2.53 bits per heavy atom. The highest BCUT2D eigenvalue weighted by molar-refractivity contribution is 6.12. The van der Waals surface area contributed by atoms with Gasteiger partial charge in [0.15, 0.2) is 5.84 Å². The van der Waals surface area contributed by atoms with Crippen molar-refractivity contribution in [2.45, 2.75) is 70.9 Å². The van der Waals surface area contributed by atoms with E-state index in [0.717, 1.165) is 24.8 Å². The Morgan fingerprint density at radius 2 is 1.91 bits per heavy atom. The van der Waals surface area contributed by atoms with Crippen molar-refractivity contribution in [3.63, 3.8) is 0 Å². The molecule has 3 heterocycles. The summed E-state index contributed by atoms with van der Waals surface area (Å²) in [5, 5.41) is 32.1. The number of aryl methyl sites for hydroxylation is 1. The monoisotopic (exact) mass is 602 g/mol. The molecular weight excluding hydrogens is 562 g/mol. The van der Waals surface area contributed by atoms with Gasteiger partial charge in [0.25, 0.3) is 6.43 Å². The predicted molar refractivity (Wildman–Crippen MR) is 159 cm³/mol. The van der Waals surface area contributed by atoms with Crippen molar-refractivity contribution in [1.29, 1.82) is 10.8 Å². The molecule has 0 aromatic heterocycles. The van der Waals surface area contributed by atoms with Gasteiger partial charge < -0.3 is 35.5 Å². The van der Waals surface area contributed by atoms with E-state index in [1.807, 2.05) is 0 Å². The molecule has 4 rings (SSSR count). The van der Waals surface area contributed by atoms with Gasteiger partial charge >= 0.3 is 12.1 Å². The van der Waals surface area contributed by atoms with Crippen molar-refractivity contribution in [1.82, 2.24) is 15.5 Å². The number of alkyl halides is 2. The summed E-state index contributed by atoms with van der Waals surface area (Å²) in [7, 11) is 0. The topological polar surface area (TPSA) is 151 Å². The van der Waals surface area contributed by atoms with Crippen LogP contribution >= 0.6 is 0 Å². The van der Waals surface area contributed by atoms with Gasteiger partial charge in [-0.3, -0.25) is 15.1 Å². The van der Waals surface area contributed by atoms with Gasteiger partial charge in [-0.2, -0.15) is 0 Å². The number of amides is 1. The third-order valence-electron chi connectivity index (χ3n) is 7.43. The number of aliphatic carboxylic acids is 1. The van der Waals surface area contributed by atoms with Gasteiger partial charge in [-0.15, -0.1) is 0 Å². The Bertz CT molecular complexity index is 1320. The molecule has 1 aromatic carbocycles. The number of carbonyl (C=O) groups excluding carboxylic acids is 1. The average Bonchev–Trinajstić information content (AvgIpc) is 3.37. The number of nitrogens with one attached hydrogen (secondary N) is 4. The number of allylic oxidation sites excluding steroid dienone is 1. The van der Waals surface area contributed by atoms with Crippen LogP contribution in [0.5, 0.6) is 0 Å². The third kappa shape index (κ3) is 7.70. The highest BCUT2D eigenvalue weighted by Gasteiger charge is 2.37. The molecule has 0 saturated carbocycles. The number of benzene rings is 1. The summed E-state index contributed by atoms with van der Waals surface area (Å²) in [4.78, 5) is 27.3. The van der Waals surface area contributed by atoms with Crippen molar-refractivity contribution in [2.75, 3.05) is 37.7 Å². The molecule has 1 aromatic rings. The smallest absolute Gasteiger partial charge is 0.414 e. The molecule has 11 nitrogen and oxygen atoms in total. The van der Waals surface area contributed by atoms with Crippen LogP contribution in [0.2, 0.25) is 0 Å². The number of ether oxygens (including phenoxy) is 2. The van der Waals surface area contributed by atoms with E-state index in [0.29, 0.717) is 62.5 Å². The van der Waals surface area contributed by atoms with Gasteiger partial charge in [0.1, 0.15) is 17.8 Å². The second-order valence-corrected chi connectivity index (χ2v) is 11.7. The maximum Gasteiger partial charge on any atom is 0.414 e. The zero-order chi connectivity index (χ0) is 31.3. The number of carboxylic acids is 1. The average molecular weight is 603 g/mol. The van der Waals surface area contributed by atoms with Crippen LogP contribution in [0.1, 0.15) is 69.6 Å². The van der Waals surface area contributed by atoms with Crippen LogP contribution in [-0.2, 0) is 20.7 Å². The van der Waals surface area contributed by atoms with Gasteiger partial charge in [-0.1, -0.05) is 0 Å². The molecule has 1 fully saturated rings. The predicted octanol–water partition coefficient (Wildman–Crippen LogP) is 4.64. The number of hydrogen-bond acceptors (Lipinski definition) is 8. The first kappa shape index (κ1) is 31.9. The number of rotatable bonds is 9. The molecule has 13 heteroatoms. The number of carbonyl (C=O) groups is 2. The highest BCUT2D eigenvalue weighted by atomic mass is 19.3. The lowest BCUT2D eigenvalue weighted by molar-refractivity contribution is -0.135. The fourth-order valence-electron chi connectivity index (χ4n) is 5.50. The van der Waals surface area contributed by atoms with Crippen molar-refractivity contribution in [3.05, 3.63) is 46.4 Å². The number of fused-ring (bicyclic) bond motifs is 1. The zero-order valence-electron chi connectivity index (χ0n) is 24.8. The SMILES string of the molecule is CC(C)(C)OC(=O)N1CCC(NC2CCOCC2)=C1C(=N)N1CCCc2cc(/C(C=N)=C/NCC(=O)O)c(C(F)F)cc21. The summed E-state index contributed by atoms with van der Waals surface area (Å²) in [6, 6.07) is 3.05. The molecule has 0 unspecified atom stereocenters. The summed E-state index contributed by atoms with van der Waals surface area (Å²) >= 11 is 0. The van der Waals surface area contributed by atoms with E-state index >= 15 is 0 Å². The largest absolute Gasteiger partial charge is 0.480 e. The van der Waals surface area contributed by atoms with E-state index in [1.165, 1.54) is 17.2 Å². The fraction of sp³-hybridized carbons (Fsp3) is 0.533. The van der Waals surface area contributed by atoms with Gasteiger partial charge in [-0.05, 0) is 69.7 Å². The molecule has 234 valence electrons. The lowest BCUT2D eigenvalue weighted by Gasteiger charge is -2.35. The van der Waals surface area contributed by atoms with Crippen LogP contribution in [0.25, 0.3) is 5.57 Å². The van der Waals surface area contributed by atoms with Crippen LogP contribution in [0.15, 0.2) is 29.7 Å². The quantitative estimate of drug-likeness (QED) is 0.203. The Morgan fingerprint density at radius 1 is 1.19 bits per heavy atom. The first-order valence-electron chi connectivity index (χ1n) is 14.4. The Labute approximate surface area is 249 Å². The number of anilines is 1. The van der Waals surface area contributed by atoms with E-state index < -0.39 is 30.6 Å². The first-order valence-corrected chi connectivity index (χ1v) is 14.4. The fourth-order valence-corrected chi connectivity index (χ4v) is 5.50. The molecule has 0 radical (unpaired) electrons. The lowest BCUT2D eigenvalue weighted by atomic mass is 9.92. The van der Waals surface area contributed by atoms with Crippen molar-refractivity contribution >= 4 is 35.4 Å². The molecule has 43 heavy (non-hydrogen) atoms. The maximum absolute atomic E-state index is 14.4. The van der Waals surface area contributed by atoms with Crippen LogP contribution in [0, 0.1) is 10.8 Å². The van der Waals surface area contributed by atoms with Crippen LogP contribution in [-0.4, -0.2) is 78.6 Å². The van der Waals surface area contributed by atoms with E-state index in [-0.39, 0.29) is 28.6 Å². The van der Waals surface area contributed by atoms with Crippen LogP contribution in [0.3, 0.4) is 0 Å².